The smallest absolute Gasteiger partial charge is 0.409 e. The lowest BCUT2D eigenvalue weighted by atomic mass is 10.1. The number of piperidine rings is 1. The van der Waals surface area contributed by atoms with Crippen LogP contribution in [0.2, 0.25) is 0 Å². The molecule has 1 amide bonds. The molecule has 3 rings (SSSR count). The second kappa shape index (κ2) is 8.31. The summed E-state index contributed by atoms with van der Waals surface area (Å²) in [6, 6.07) is 8.13. The molecule has 126 valence electrons. The number of rotatable bonds is 4. The molecule has 0 radical (unpaired) electrons. The molecule has 23 heavy (non-hydrogen) atoms. The minimum absolute atomic E-state index is 0. The third-order valence-electron chi connectivity index (χ3n) is 3.90. The SMILES string of the molecule is Br.CCOC(=O)N1CCC(NCc2nc3ccccc3o2)CC1. The number of benzene rings is 1. The van der Waals surface area contributed by atoms with Crippen molar-refractivity contribution in [2.45, 2.75) is 32.4 Å². The van der Waals surface area contributed by atoms with Crippen LogP contribution in [-0.2, 0) is 11.3 Å². The third kappa shape index (κ3) is 4.45. The summed E-state index contributed by atoms with van der Waals surface area (Å²) in [5.41, 5.74) is 1.70. The number of halogens is 1. The van der Waals surface area contributed by atoms with Crippen molar-refractivity contribution in [3.63, 3.8) is 0 Å². The Hall–Kier alpha value is -1.60. The maximum absolute atomic E-state index is 11.6. The Morgan fingerprint density at radius 1 is 1.39 bits per heavy atom. The standard InChI is InChI=1S/C16H21N3O3.BrH/c1-2-21-16(20)19-9-7-12(8-10-19)17-11-15-18-13-5-3-4-6-14(13)22-15;/h3-6,12,17H,2,7-11H2,1H3;1H. The number of nitrogens with zero attached hydrogens (tertiary/aromatic N) is 2. The van der Waals surface area contributed by atoms with Gasteiger partial charge in [-0.2, -0.15) is 0 Å². The van der Waals surface area contributed by atoms with Gasteiger partial charge in [0.05, 0.1) is 13.2 Å². The molecule has 1 aliphatic heterocycles. The number of amides is 1. The summed E-state index contributed by atoms with van der Waals surface area (Å²) in [6.07, 6.45) is 1.62. The van der Waals surface area contributed by atoms with Crippen molar-refractivity contribution in [2.75, 3.05) is 19.7 Å². The Morgan fingerprint density at radius 3 is 2.83 bits per heavy atom. The number of ether oxygens (including phenoxy) is 1. The predicted molar refractivity (Wildman–Crippen MR) is 92.8 cm³/mol. The minimum Gasteiger partial charge on any atom is -0.450 e. The van der Waals surface area contributed by atoms with Crippen LogP contribution < -0.4 is 5.32 Å². The normalized spacial score (nSPS) is 15.4. The monoisotopic (exact) mass is 383 g/mol. The number of carbonyl (C=O) groups is 1. The highest BCUT2D eigenvalue weighted by Crippen LogP contribution is 2.16. The first kappa shape index (κ1) is 17.7. The quantitative estimate of drug-likeness (QED) is 0.878. The number of likely N-dealkylation sites (tertiary alicyclic amines) is 1. The molecular formula is C16H22BrN3O3. The average Bonchev–Trinajstić information content (AvgIpc) is 2.96. The zero-order valence-electron chi connectivity index (χ0n) is 13.2. The number of aromatic nitrogens is 1. The van der Waals surface area contributed by atoms with Gasteiger partial charge in [0.15, 0.2) is 5.58 Å². The van der Waals surface area contributed by atoms with E-state index in [0.29, 0.717) is 25.1 Å². The Morgan fingerprint density at radius 2 is 2.13 bits per heavy atom. The molecule has 0 saturated carbocycles. The van der Waals surface area contributed by atoms with Gasteiger partial charge in [0, 0.05) is 19.1 Å². The summed E-state index contributed by atoms with van der Waals surface area (Å²) >= 11 is 0. The zero-order valence-corrected chi connectivity index (χ0v) is 14.9. The Labute approximate surface area is 146 Å². The molecule has 7 heteroatoms. The van der Waals surface area contributed by atoms with Gasteiger partial charge in [0.25, 0.3) is 0 Å². The van der Waals surface area contributed by atoms with E-state index in [1.165, 1.54) is 0 Å². The average molecular weight is 384 g/mol. The van der Waals surface area contributed by atoms with Crippen molar-refractivity contribution in [1.29, 1.82) is 0 Å². The third-order valence-corrected chi connectivity index (χ3v) is 3.90. The van der Waals surface area contributed by atoms with E-state index in [-0.39, 0.29) is 23.1 Å². The van der Waals surface area contributed by atoms with Gasteiger partial charge in [-0.05, 0) is 31.9 Å². The largest absolute Gasteiger partial charge is 0.450 e. The molecule has 1 aromatic carbocycles. The molecule has 2 aromatic rings. The van der Waals surface area contributed by atoms with Crippen LogP contribution in [0.25, 0.3) is 11.1 Å². The number of hydrogen-bond acceptors (Lipinski definition) is 5. The summed E-state index contributed by atoms with van der Waals surface area (Å²) in [7, 11) is 0. The second-order valence-electron chi connectivity index (χ2n) is 5.42. The van der Waals surface area contributed by atoms with Crippen molar-refractivity contribution in [3.05, 3.63) is 30.2 Å². The van der Waals surface area contributed by atoms with Crippen molar-refractivity contribution >= 4 is 34.2 Å². The lowest BCUT2D eigenvalue weighted by molar-refractivity contribution is 0.0948. The topological polar surface area (TPSA) is 67.6 Å². The minimum atomic E-state index is -0.208. The van der Waals surface area contributed by atoms with Gasteiger partial charge in [-0.3, -0.25) is 0 Å². The van der Waals surface area contributed by atoms with Crippen molar-refractivity contribution in [2.24, 2.45) is 0 Å². The van der Waals surface area contributed by atoms with E-state index in [2.05, 4.69) is 10.3 Å². The molecule has 0 atom stereocenters. The van der Waals surface area contributed by atoms with Crippen molar-refractivity contribution in [3.8, 4) is 0 Å². The first-order chi connectivity index (χ1) is 10.8. The highest BCUT2D eigenvalue weighted by Gasteiger charge is 2.23. The number of fused-ring (bicyclic) bond motifs is 1. The van der Waals surface area contributed by atoms with E-state index in [4.69, 9.17) is 9.15 Å². The maximum Gasteiger partial charge on any atom is 0.409 e. The molecule has 1 saturated heterocycles. The Bertz CT molecular complexity index is 605. The fourth-order valence-corrected chi connectivity index (χ4v) is 2.71. The number of nitrogens with one attached hydrogen (secondary N) is 1. The Balaban J connectivity index is 0.00000192. The highest BCUT2D eigenvalue weighted by atomic mass is 79.9. The van der Waals surface area contributed by atoms with Crippen LogP contribution in [0.4, 0.5) is 4.79 Å². The van der Waals surface area contributed by atoms with Crippen LogP contribution in [0.1, 0.15) is 25.7 Å². The van der Waals surface area contributed by atoms with Crippen LogP contribution in [0.15, 0.2) is 28.7 Å². The molecule has 1 aliphatic rings. The molecule has 6 nitrogen and oxygen atoms in total. The first-order valence-corrected chi connectivity index (χ1v) is 7.76. The van der Waals surface area contributed by atoms with E-state index in [9.17, 15) is 4.79 Å². The van der Waals surface area contributed by atoms with Crippen molar-refractivity contribution in [1.82, 2.24) is 15.2 Å². The van der Waals surface area contributed by atoms with Crippen LogP contribution in [-0.4, -0.2) is 41.7 Å². The van der Waals surface area contributed by atoms with Crippen LogP contribution in [0, 0.1) is 0 Å². The fraction of sp³-hybridized carbons (Fsp3) is 0.500. The second-order valence-corrected chi connectivity index (χ2v) is 5.42. The number of carbonyl (C=O) groups excluding carboxylic acids is 1. The first-order valence-electron chi connectivity index (χ1n) is 7.76. The number of oxazole rings is 1. The molecule has 1 N–H and O–H groups in total. The molecule has 1 aromatic heterocycles. The van der Waals surface area contributed by atoms with Crippen LogP contribution in [0.3, 0.4) is 0 Å². The van der Waals surface area contributed by atoms with Crippen molar-refractivity contribution < 1.29 is 13.9 Å². The van der Waals surface area contributed by atoms with Gasteiger partial charge in [0.1, 0.15) is 5.52 Å². The molecular weight excluding hydrogens is 362 g/mol. The summed E-state index contributed by atoms with van der Waals surface area (Å²) in [6.45, 7) is 4.31. The molecule has 0 bridgehead atoms. The Kier molecular flexibility index (Phi) is 6.41. The maximum atomic E-state index is 11.6. The van der Waals surface area contributed by atoms with Gasteiger partial charge < -0.3 is 19.4 Å². The fourth-order valence-electron chi connectivity index (χ4n) is 2.71. The summed E-state index contributed by atoms with van der Waals surface area (Å²) in [5.74, 6) is 0.703. The lowest BCUT2D eigenvalue weighted by Gasteiger charge is -2.31. The van der Waals surface area contributed by atoms with E-state index in [0.717, 1.165) is 37.0 Å². The number of hydrogen-bond donors (Lipinski definition) is 1. The van der Waals surface area contributed by atoms with Gasteiger partial charge in [-0.25, -0.2) is 9.78 Å². The molecule has 0 aliphatic carbocycles. The zero-order chi connectivity index (χ0) is 15.4. The summed E-state index contributed by atoms with van der Waals surface area (Å²) in [4.78, 5) is 17.9. The summed E-state index contributed by atoms with van der Waals surface area (Å²) in [5, 5.41) is 3.46. The van der Waals surface area contributed by atoms with E-state index < -0.39 is 0 Å². The van der Waals surface area contributed by atoms with E-state index >= 15 is 0 Å². The molecule has 0 spiro atoms. The molecule has 0 unspecified atom stereocenters. The van der Waals surface area contributed by atoms with E-state index in [1.807, 2.05) is 31.2 Å². The molecule has 1 fully saturated rings. The summed E-state index contributed by atoms with van der Waals surface area (Å²) < 4.78 is 10.7. The van der Waals surface area contributed by atoms with Gasteiger partial charge in [-0.1, -0.05) is 12.1 Å². The van der Waals surface area contributed by atoms with Gasteiger partial charge in [-0.15, -0.1) is 17.0 Å². The predicted octanol–water partition coefficient (Wildman–Crippen LogP) is 3.12. The van der Waals surface area contributed by atoms with Crippen LogP contribution >= 0.6 is 17.0 Å². The van der Waals surface area contributed by atoms with Gasteiger partial charge >= 0.3 is 6.09 Å². The lowest BCUT2D eigenvalue weighted by Crippen LogP contribution is -2.44. The van der Waals surface area contributed by atoms with Gasteiger partial charge in [0.2, 0.25) is 5.89 Å². The highest BCUT2D eigenvalue weighted by molar-refractivity contribution is 8.93. The van der Waals surface area contributed by atoms with Crippen LogP contribution in [0.5, 0.6) is 0 Å². The number of para-hydroxylation sites is 2. The van der Waals surface area contributed by atoms with E-state index in [1.54, 1.807) is 4.90 Å². The molecule has 2 heterocycles.